The number of carboxylic acid groups (broad SMARTS) is 1. The van der Waals surface area contributed by atoms with Crippen LogP contribution in [0.1, 0.15) is 21.5 Å². The van der Waals surface area contributed by atoms with Crippen molar-refractivity contribution in [3.63, 3.8) is 0 Å². The monoisotopic (exact) mass is 499 g/mol. The topological polar surface area (TPSA) is 130 Å². The second-order valence-electron chi connectivity index (χ2n) is 8.75. The molecule has 0 radical (unpaired) electrons. The third kappa shape index (κ3) is 5.40. The smallest absolute Gasteiger partial charge is 0.326 e. The average Bonchev–Trinajstić information content (AvgIpc) is 3.55. The fourth-order valence-corrected chi connectivity index (χ4v) is 4.34. The molecule has 1 aliphatic rings. The van der Waals surface area contributed by atoms with Gasteiger partial charge in [0.15, 0.2) is 11.5 Å². The highest BCUT2D eigenvalue weighted by Gasteiger charge is 2.28. The first-order chi connectivity index (χ1) is 18.0. The van der Waals surface area contributed by atoms with E-state index in [-0.39, 0.29) is 19.6 Å². The molecule has 2 atom stereocenters. The zero-order chi connectivity index (χ0) is 25.8. The van der Waals surface area contributed by atoms with Gasteiger partial charge in [0, 0.05) is 35.5 Å². The third-order valence-electron chi connectivity index (χ3n) is 6.25. The maximum absolute atomic E-state index is 13.4. The highest BCUT2D eigenvalue weighted by molar-refractivity contribution is 5.98. The molecule has 0 saturated heterocycles. The van der Waals surface area contributed by atoms with Crippen LogP contribution in [0.2, 0.25) is 0 Å². The molecule has 9 heteroatoms. The first kappa shape index (κ1) is 23.9. The number of hydrogen-bond acceptors (Lipinski definition) is 5. The SMILES string of the molecule is O=C(N[C@H](Cc1ccc2c(c1)OCO2)C(=O)N[C@@H](Cc1c[nH]c2ccccc12)C(=O)O)c1ccccc1. The zero-order valence-corrected chi connectivity index (χ0v) is 19.8. The van der Waals surface area contributed by atoms with Gasteiger partial charge in [-0.25, -0.2) is 4.79 Å². The van der Waals surface area contributed by atoms with Crippen LogP contribution in [0, 0.1) is 0 Å². The Balaban J connectivity index is 1.37. The molecule has 0 unspecified atom stereocenters. The molecule has 0 spiro atoms. The molecule has 0 fully saturated rings. The summed E-state index contributed by atoms with van der Waals surface area (Å²) in [7, 11) is 0. The standard InChI is InChI=1S/C28H25N3O6/c32-26(18-6-2-1-3-7-18)30-22(12-17-10-11-24-25(13-17)37-16-36-24)27(33)31-23(28(34)35)14-19-15-29-21-9-5-4-8-20(19)21/h1-11,13,15,22-23,29H,12,14,16H2,(H,30,32)(H,31,33)(H,34,35)/t22-,23+/m1/s1. The van der Waals surface area contributed by atoms with Crippen LogP contribution in [-0.2, 0) is 22.4 Å². The molecule has 1 aliphatic heterocycles. The molecule has 5 rings (SSSR count). The van der Waals surface area contributed by atoms with Crippen molar-refractivity contribution in [2.45, 2.75) is 24.9 Å². The number of aliphatic carboxylic acids is 1. The number of benzene rings is 3. The summed E-state index contributed by atoms with van der Waals surface area (Å²) in [6.45, 7) is 0.113. The summed E-state index contributed by atoms with van der Waals surface area (Å²) in [6.07, 6.45) is 1.95. The zero-order valence-electron chi connectivity index (χ0n) is 19.8. The van der Waals surface area contributed by atoms with Crippen LogP contribution < -0.4 is 20.1 Å². The Bertz CT molecular complexity index is 1450. The van der Waals surface area contributed by atoms with Crippen LogP contribution in [0.4, 0.5) is 0 Å². The summed E-state index contributed by atoms with van der Waals surface area (Å²) < 4.78 is 10.8. The van der Waals surface area contributed by atoms with E-state index in [2.05, 4.69) is 15.6 Å². The minimum Gasteiger partial charge on any atom is -0.480 e. The lowest BCUT2D eigenvalue weighted by Crippen LogP contribution is -2.53. The van der Waals surface area contributed by atoms with Gasteiger partial charge in [-0.05, 0) is 41.5 Å². The normalized spacial score (nSPS) is 13.6. The summed E-state index contributed by atoms with van der Waals surface area (Å²) in [6, 6.07) is 19.1. The Labute approximate surface area is 212 Å². The lowest BCUT2D eigenvalue weighted by molar-refractivity contribution is -0.142. The Morgan fingerprint density at radius 2 is 1.62 bits per heavy atom. The molecule has 37 heavy (non-hydrogen) atoms. The van der Waals surface area contributed by atoms with Gasteiger partial charge in [-0.2, -0.15) is 0 Å². The van der Waals surface area contributed by atoms with Crippen molar-refractivity contribution in [2.24, 2.45) is 0 Å². The lowest BCUT2D eigenvalue weighted by Gasteiger charge is -2.22. The molecular weight excluding hydrogens is 474 g/mol. The molecule has 0 bridgehead atoms. The number of rotatable bonds is 9. The first-order valence-electron chi connectivity index (χ1n) is 11.8. The summed E-state index contributed by atoms with van der Waals surface area (Å²) in [4.78, 5) is 41.5. The van der Waals surface area contributed by atoms with Gasteiger partial charge in [-0.15, -0.1) is 0 Å². The van der Waals surface area contributed by atoms with Gasteiger partial charge in [0.25, 0.3) is 5.91 Å². The molecule has 188 valence electrons. The Morgan fingerprint density at radius 3 is 2.43 bits per heavy atom. The van der Waals surface area contributed by atoms with Crippen molar-refractivity contribution < 1.29 is 29.0 Å². The van der Waals surface area contributed by atoms with Crippen molar-refractivity contribution in [2.75, 3.05) is 6.79 Å². The van der Waals surface area contributed by atoms with Gasteiger partial charge < -0.3 is 30.2 Å². The number of amides is 2. The van der Waals surface area contributed by atoms with Gasteiger partial charge in [0.05, 0.1) is 0 Å². The molecule has 0 aliphatic carbocycles. The van der Waals surface area contributed by atoms with Crippen LogP contribution in [-0.4, -0.2) is 46.8 Å². The van der Waals surface area contributed by atoms with Gasteiger partial charge in [-0.1, -0.05) is 42.5 Å². The van der Waals surface area contributed by atoms with Gasteiger partial charge in [-0.3, -0.25) is 9.59 Å². The minimum absolute atomic E-state index is 0.0778. The number of para-hydroxylation sites is 1. The van der Waals surface area contributed by atoms with E-state index >= 15 is 0 Å². The van der Waals surface area contributed by atoms with E-state index in [1.54, 1.807) is 54.7 Å². The van der Waals surface area contributed by atoms with Gasteiger partial charge >= 0.3 is 5.97 Å². The van der Waals surface area contributed by atoms with Crippen LogP contribution in [0.5, 0.6) is 11.5 Å². The predicted molar refractivity (Wildman–Crippen MR) is 136 cm³/mol. The van der Waals surface area contributed by atoms with Crippen LogP contribution >= 0.6 is 0 Å². The number of carboxylic acids is 1. The van der Waals surface area contributed by atoms with Gasteiger partial charge in [0.1, 0.15) is 12.1 Å². The summed E-state index contributed by atoms with van der Waals surface area (Å²) in [5, 5.41) is 16.2. The number of nitrogens with one attached hydrogen (secondary N) is 3. The largest absolute Gasteiger partial charge is 0.480 e. The van der Waals surface area contributed by atoms with Crippen LogP contribution in [0.3, 0.4) is 0 Å². The molecule has 2 heterocycles. The first-order valence-corrected chi connectivity index (χ1v) is 11.8. The second kappa shape index (κ2) is 10.4. The van der Waals surface area contributed by atoms with Crippen molar-refractivity contribution >= 4 is 28.7 Å². The van der Waals surface area contributed by atoms with Gasteiger partial charge in [0.2, 0.25) is 12.7 Å². The van der Waals surface area contributed by atoms with Crippen molar-refractivity contribution in [3.05, 3.63) is 95.7 Å². The van der Waals surface area contributed by atoms with Crippen molar-refractivity contribution in [1.29, 1.82) is 0 Å². The predicted octanol–water partition coefficient (Wildman–Crippen LogP) is 3.05. The maximum Gasteiger partial charge on any atom is 0.326 e. The minimum atomic E-state index is -1.19. The van der Waals surface area contributed by atoms with E-state index in [4.69, 9.17) is 9.47 Å². The molecule has 3 aromatic carbocycles. The van der Waals surface area contributed by atoms with E-state index in [1.165, 1.54) is 0 Å². The van der Waals surface area contributed by atoms with E-state index in [0.717, 1.165) is 22.0 Å². The highest BCUT2D eigenvalue weighted by atomic mass is 16.7. The molecule has 0 saturated carbocycles. The summed E-state index contributed by atoms with van der Waals surface area (Å²) in [5.41, 5.74) is 2.76. The third-order valence-corrected chi connectivity index (χ3v) is 6.25. The summed E-state index contributed by atoms with van der Waals surface area (Å²) in [5.74, 6) is -1.06. The van der Waals surface area contributed by atoms with E-state index in [9.17, 15) is 19.5 Å². The van der Waals surface area contributed by atoms with Crippen LogP contribution in [0.25, 0.3) is 10.9 Å². The molecule has 9 nitrogen and oxygen atoms in total. The Morgan fingerprint density at radius 1 is 0.865 bits per heavy atom. The van der Waals surface area contributed by atoms with E-state index in [0.29, 0.717) is 17.1 Å². The number of aromatic amines is 1. The molecule has 4 N–H and O–H groups in total. The van der Waals surface area contributed by atoms with E-state index < -0.39 is 29.9 Å². The molecule has 1 aromatic heterocycles. The fraction of sp³-hybridized carbons (Fsp3) is 0.179. The average molecular weight is 500 g/mol. The number of carbonyl (C=O) groups is 3. The Kier molecular flexibility index (Phi) is 6.76. The summed E-state index contributed by atoms with van der Waals surface area (Å²) >= 11 is 0. The number of carbonyl (C=O) groups excluding carboxylic acids is 2. The second-order valence-corrected chi connectivity index (χ2v) is 8.75. The number of H-pyrrole nitrogens is 1. The number of hydrogen-bond donors (Lipinski definition) is 4. The van der Waals surface area contributed by atoms with Crippen molar-refractivity contribution in [3.8, 4) is 11.5 Å². The highest BCUT2D eigenvalue weighted by Crippen LogP contribution is 2.32. The number of fused-ring (bicyclic) bond motifs is 2. The quantitative estimate of drug-likeness (QED) is 0.280. The van der Waals surface area contributed by atoms with Crippen molar-refractivity contribution in [1.82, 2.24) is 15.6 Å². The molecule has 4 aromatic rings. The lowest BCUT2D eigenvalue weighted by atomic mass is 10.0. The number of ether oxygens (including phenoxy) is 2. The fourth-order valence-electron chi connectivity index (χ4n) is 4.34. The van der Waals surface area contributed by atoms with E-state index in [1.807, 2.05) is 24.3 Å². The molecular formula is C28H25N3O6. The Hall–Kier alpha value is -4.79. The van der Waals surface area contributed by atoms with Crippen LogP contribution in [0.15, 0.2) is 79.0 Å². The number of aromatic nitrogens is 1. The molecule has 2 amide bonds. The maximum atomic E-state index is 13.4.